The van der Waals surface area contributed by atoms with Crippen molar-refractivity contribution < 1.29 is 9.53 Å². The third-order valence-corrected chi connectivity index (χ3v) is 2.32. The van der Waals surface area contributed by atoms with Crippen molar-refractivity contribution in [1.82, 2.24) is 0 Å². The number of hydrogen-bond donors (Lipinski definition) is 1. The summed E-state index contributed by atoms with van der Waals surface area (Å²) < 4.78 is 4.54. The van der Waals surface area contributed by atoms with Crippen LogP contribution in [0.25, 0.3) is 0 Å². The molecule has 0 amide bonds. The van der Waals surface area contributed by atoms with E-state index in [0.717, 1.165) is 5.56 Å². The minimum absolute atomic E-state index is 0. The number of rotatable bonds is 4. The van der Waals surface area contributed by atoms with Crippen molar-refractivity contribution in [2.24, 2.45) is 5.73 Å². The van der Waals surface area contributed by atoms with Crippen LogP contribution >= 0.6 is 24.0 Å². The molecule has 0 aromatic heterocycles. The second-order valence-corrected chi connectivity index (χ2v) is 3.81. The Morgan fingerprint density at radius 3 is 2.50 bits per heavy atom. The fourth-order valence-electron chi connectivity index (χ4n) is 1.29. The second kappa shape index (κ2) is 7.49. The van der Waals surface area contributed by atoms with E-state index in [9.17, 15) is 4.79 Å². The predicted molar refractivity (Wildman–Crippen MR) is 67.0 cm³/mol. The summed E-state index contributed by atoms with van der Waals surface area (Å²) in [6, 6.07) is 7.21. The van der Waals surface area contributed by atoms with E-state index < -0.39 is 0 Å². The number of halogens is 2. The predicted octanol–water partition coefficient (Wildman–Crippen LogP) is 2.19. The minimum atomic E-state index is -0.281. The molecule has 16 heavy (non-hydrogen) atoms. The van der Waals surface area contributed by atoms with Gasteiger partial charge < -0.3 is 10.5 Å². The summed E-state index contributed by atoms with van der Waals surface area (Å²) in [4.78, 5) is 10.9. The number of esters is 1. The van der Waals surface area contributed by atoms with E-state index in [1.807, 2.05) is 24.3 Å². The van der Waals surface area contributed by atoms with Gasteiger partial charge in [0.1, 0.15) is 0 Å². The Kier molecular flexibility index (Phi) is 7.13. The number of methoxy groups -OCH3 is 1. The van der Waals surface area contributed by atoms with Crippen LogP contribution in [-0.4, -0.2) is 19.1 Å². The van der Waals surface area contributed by atoms with Crippen molar-refractivity contribution in [2.45, 2.75) is 18.9 Å². The lowest BCUT2D eigenvalue weighted by Crippen LogP contribution is -2.26. The van der Waals surface area contributed by atoms with Crippen LogP contribution in [0.3, 0.4) is 0 Å². The number of nitrogens with two attached hydrogens (primary N) is 1. The monoisotopic (exact) mass is 263 g/mol. The van der Waals surface area contributed by atoms with Gasteiger partial charge in [0, 0.05) is 11.1 Å². The lowest BCUT2D eigenvalue weighted by Gasteiger charge is -2.09. The summed E-state index contributed by atoms with van der Waals surface area (Å²) in [5.74, 6) is -0.281. The summed E-state index contributed by atoms with van der Waals surface area (Å²) in [7, 11) is 1.36. The Labute approximate surface area is 106 Å². The van der Waals surface area contributed by atoms with Crippen molar-refractivity contribution in [3.63, 3.8) is 0 Å². The molecule has 0 saturated carbocycles. The number of benzene rings is 1. The highest BCUT2D eigenvalue weighted by atomic mass is 35.5. The van der Waals surface area contributed by atoms with E-state index in [2.05, 4.69) is 4.74 Å². The highest BCUT2D eigenvalue weighted by molar-refractivity contribution is 6.30. The maximum atomic E-state index is 10.9. The van der Waals surface area contributed by atoms with Crippen LogP contribution in [0.2, 0.25) is 5.02 Å². The molecule has 1 aromatic carbocycles. The number of carbonyl (C=O) groups excluding carboxylic acids is 1. The number of hydrogen-bond acceptors (Lipinski definition) is 3. The van der Waals surface area contributed by atoms with Gasteiger partial charge in [-0.2, -0.15) is 0 Å². The minimum Gasteiger partial charge on any atom is -0.469 e. The normalized spacial score (nSPS) is 11.4. The van der Waals surface area contributed by atoms with Gasteiger partial charge in [-0.3, -0.25) is 4.79 Å². The van der Waals surface area contributed by atoms with Crippen molar-refractivity contribution in [3.8, 4) is 0 Å². The quantitative estimate of drug-likeness (QED) is 0.848. The van der Waals surface area contributed by atoms with Gasteiger partial charge >= 0.3 is 5.97 Å². The molecule has 0 radical (unpaired) electrons. The second-order valence-electron chi connectivity index (χ2n) is 3.37. The highest BCUT2D eigenvalue weighted by Gasteiger charge is 2.09. The molecule has 0 bridgehead atoms. The molecule has 0 aliphatic carbocycles. The Balaban J connectivity index is 0.00000225. The van der Waals surface area contributed by atoms with E-state index in [1.165, 1.54) is 7.11 Å². The average Bonchev–Trinajstić information content (AvgIpc) is 2.21. The van der Waals surface area contributed by atoms with Crippen LogP contribution < -0.4 is 5.73 Å². The zero-order valence-electron chi connectivity index (χ0n) is 8.98. The van der Waals surface area contributed by atoms with E-state index >= 15 is 0 Å². The molecule has 2 N–H and O–H groups in total. The van der Waals surface area contributed by atoms with E-state index in [1.54, 1.807) is 0 Å². The lowest BCUT2D eigenvalue weighted by molar-refractivity contribution is -0.140. The molecular formula is C11H15Cl2NO2. The largest absolute Gasteiger partial charge is 0.469 e. The molecule has 0 unspecified atom stereocenters. The van der Waals surface area contributed by atoms with Crippen LogP contribution in [0, 0.1) is 0 Å². The highest BCUT2D eigenvalue weighted by Crippen LogP contribution is 2.11. The lowest BCUT2D eigenvalue weighted by atomic mass is 10.0. The molecule has 1 rings (SSSR count). The maximum absolute atomic E-state index is 10.9. The summed E-state index contributed by atoms with van der Waals surface area (Å²) in [5, 5.41) is 0.695. The Morgan fingerprint density at radius 2 is 2.00 bits per heavy atom. The van der Waals surface area contributed by atoms with Crippen molar-refractivity contribution >= 4 is 30.0 Å². The topological polar surface area (TPSA) is 52.3 Å². The van der Waals surface area contributed by atoms with Gasteiger partial charge in [0.15, 0.2) is 0 Å². The van der Waals surface area contributed by atoms with Gasteiger partial charge in [-0.15, -0.1) is 12.4 Å². The molecule has 0 heterocycles. The first-order valence-corrected chi connectivity index (χ1v) is 5.06. The maximum Gasteiger partial charge on any atom is 0.307 e. The molecule has 1 aromatic rings. The standard InChI is InChI=1S/C11H14ClNO2.ClH/c1-15-11(14)7-10(13)6-8-2-4-9(12)5-3-8;/h2-5,10H,6-7,13H2,1H3;1H/t10-;/m1./s1. The van der Waals surface area contributed by atoms with Crippen LogP contribution in [0.15, 0.2) is 24.3 Å². The van der Waals surface area contributed by atoms with Gasteiger partial charge in [-0.05, 0) is 24.1 Å². The zero-order valence-corrected chi connectivity index (χ0v) is 10.6. The number of ether oxygens (including phenoxy) is 1. The number of carbonyl (C=O) groups is 1. The van der Waals surface area contributed by atoms with Crippen LogP contribution in [-0.2, 0) is 16.0 Å². The van der Waals surface area contributed by atoms with Crippen molar-refractivity contribution in [3.05, 3.63) is 34.9 Å². The molecule has 0 spiro atoms. The Morgan fingerprint density at radius 1 is 1.44 bits per heavy atom. The van der Waals surface area contributed by atoms with E-state index in [4.69, 9.17) is 17.3 Å². The Hall–Kier alpha value is -0.770. The van der Waals surface area contributed by atoms with Gasteiger partial charge in [0.05, 0.1) is 13.5 Å². The van der Waals surface area contributed by atoms with Crippen molar-refractivity contribution in [1.29, 1.82) is 0 Å². The van der Waals surface area contributed by atoms with Crippen LogP contribution in [0.4, 0.5) is 0 Å². The smallest absolute Gasteiger partial charge is 0.307 e. The van der Waals surface area contributed by atoms with E-state index in [-0.39, 0.29) is 30.8 Å². The molecule has 5 heteroatoms. The fraction of sp³-hybridized carbons (Fsp3) is 0.364. The first-order valence-electron chi connectivity index (χ1n) is 4.68. The fourth-order valence-corrected chi connectivity index (χ4v) is 1.42. The summed E-state index contributed by atoms with van der Waals surface area (Å²) in [6.45, 7) is 0. The summed E-state index contributed by atoms with van der Waals surface area (Å²) in [5.41, 5.74) is 6.85. The third-order valence-electron chi connectivity index (χ3n) is 2.07. The average molecular weight is 264 g/mol. The summed E-state index contributed by atoms with van der Waals surface area (Å²) in [6.07, 6.45) is 0.880. The third kappa shape index (κ3) is 5.35. The first-order chi connectivity index (χ1) is 7.11. The molecule has 1 atom stereocenters. The van der Waals surface area contributed by atoms with E-state index in [0.29, 0.717) is 11.4 Å². The molecule has 0 aliphatic rings. The summed E-state index contributed by atoms with van der Waals surface area (Å²) >= 11 is 5.75. The van der Waals surface area contributed by atoms with Gasteiger partial charge in [-0.25, -0.2) is 0 Å². The molecule has 90 valence electrons. The molecular weight excluding hydrogens is 249 g/mol. The molecule has 0 saturated heterocycles. The molecule has 0 aliphatic heterocycles. The van der Waals surface area contributed by atoms with Crippen LogP contribution in [0.1, 0.15) is 12.0 Å². The van der Waals surface area contributed by atoms with Crippen LogP contribution in [0.5, 0.6) is 0 Å². The SMILES string of the molecule is COC(=O)C[C@H](N)Cc1ccc(Cl)cc1.Cl. The molecule has 0 fully saturated rings. The molecule has 3 nitrogen and oxygen atoms in total. The van der Waals surface area contributed by atoms with Gasteiger partial charge in [0.25, 0.3) is 0 Å². The zero-order chi connectivity index (χ0) is 11.3. The van der Waals surface area contributed by atoms with Crippen molar-refractivity contribution in [2.75, 3.05) is 7.11 Å². The van der Waals surface area contributed by atoms with Gasteiger partial charge in [-0.1, -0.05) is 23.7 Å². The Bertz CT molecular complexity index is 327. The van der Waals surface area contributed by atoms with Gasteiger partial charge in [0.2, 0.25) is 0 Å². The first kappa shape index (κ1) is 15.2.